The Labute approximate surface area is 227 Å². The van der Waals surface area contributed by atoms with Crippen LogP contribution in [-0.4, -0.2) is 33.3 Å². The zero-order valence-corrected chi connectivity index (χ0v) is 22.3. The molecule has 1 saturated carbocycles. The second-order valence-corrected chi connectivity index (χ2v) is 9.46. The molecule has 9 nitrogen and oxygen atoms in total. The minimum absolute atomic E-state index is 0.198. The van der Waals surface area contributed by atoms with Crippen molar-refractivity contribution in [3.8, 4) is 6.07 Å². The average molecular weight is 523 g/mol. The number of aromatic nitrogens is 3. The predicted molar refractivity (Wildman–Crippen MR) is 147 cm³/mol. The molecule has 198 valence electrons. The fourth-order valence-electron chi connectivity index (χ4n) is 4.77. The molecule has 3 heterocycles. The van der Waals surface area contributed by atoms with Crippen molar-refractivity contribution in [3.05, 3.63) is 94.1 Å². The lowest BCUT2D eigenvalue weighted by Crippen LogP contribution is -2.41. The Morgan fingerprint density at radius 2 is 1.92 bits per heavy atom. The van der Waals surface area contributed by atoms with E-state index in [1.165, 1.54) is 6.20 Å². The van der Waals surface area contributed by atoms with E-state index in [-0.39, 0.29) is 17.2 Å². The van der Waals surface area contributed by atoms with Gasteiger partial charge < -0.3 is 14.7 Å². The molecule has 2 aromatic carbocycles. The molecule has 0 unspecified atom stereocenters. The fourth-order valence-corrected chi connectivity index (χ4v) is 4.77. The van der Waals surface area contributed by atoms with Gasteiger partial charge >= 0.3 is 0 Å². The number of hydrogen-bond donors (Lipinski definition) is 1. The van der Waals surface area contributed by atoms with Gasteiger partial charge in [-0.05, 0) is 55.7 Å². The minimum atomic E-state index is -0.447. The van der Waals surface area contributed by atoms with Gasteiger partial charge in [-0.15, -0.1) is 0 Å². The van der Waals surface area contributed by atoms with Crippen molar-refractivity contribution in [2.24, 2.45) is 0 Å². The molecule has 9 heteroatoms. The molecule has 1 fully saturated rings. The molecule has 39 heavy (non-hydrogen) atoms. The molecule has 1 aliphatic heterocycles. The van der Waals surface area contributed by atoms with Crippen LogP contribution >= 0.6 is 0 Å². The van der Waals surface area contributed by atoms with Crippen molar-refractivity contribution in [2.75, 3.05) is 16.8 Å². The molecule has 6 rings (SSSR count). The average Bonchev–Trinajstić information content (AvgIpc) is 3.61. The molecule has 4 aromatic rings. The minimum Gasteiger partial charge on any atom is -0.361 e. The van der Waals surface area contributed by atoms with Gasteiger partial charge in [0.1, 0.15) is 11.5 Å². The van der Waals surface area contributed by atoms with E-state index in [1.807, 2.05) is 51.1 Å². The molecule has 0 bridgehead atoms. The third kappa shape index (κ3) is 5.18. The Bertz CT molecular complexity index is 1560. The number of aryl methyl sites for hydroxylation is 1. The number of carbonyl (C=O) groups excluding carboxylic acids is 2. The van der Waals surface area contributed by atoms with Crippen molar-refractivity contribution in [1.82, 2.24) is 14.9 Å². The van der Waals surface area contributed by atoms with Gasteiger partial charge in [0.15, 0.2) is 0 Å². The standard InChI is InChI=1S/C28H24N6O3.C2H6/c1-17-23(26(37-32-17)20-7-8-20)14-18-5-9-22(10-6-18)33-11-12-34-25(28(33)36)24(16-30-34)27(35)31-21-4-2-3-19(13-21)15-29;1-2/h2-6,9-10,13,16,20H,7-8,11-12,14H2,1H3,(H,31,35);1-2H3. The van der Waals surface area contributed by atoms with Crippen LogP contribution in [0.1, 0.15) is 81.6 Å². The Morgan fingerprint density at radius 1 is 1.15 bits per heavy atom. The number of nitrogens with zero attached hydrogens (tertiary/aromatic N) is 5. The monoisotopic (exact) mass is 522 g/mol. The first-order chi connectivity index (χ1) is 19.0. The number of rotatable bonds is 6. The summed E-state index contributed by atoms with van der Waals surface area (Å²) in [5.74, 6) is 0.773. The lowest BCUT2D eigenvalue weighted by molar-refractivity contribution is 0.0947. The molecule has 2 amide bonds. The van der Waals surface area contributed by atoms with Gasteiger partial charge in [-0.3, -0.25) is 14.3 Å². The maximum Gasteiger partial charge on any atom is 0.277 e. The van der Waals surface area contributed by atoms with Gasteiger partial charge in [0, 0.05) is 35.8 Å². The zero-order chi connectivity index (χ0) is 27.5. The summed E-state index contributed by atoms with van der Waals surface area (Å²) in [5.41, 5.74) is 5.32. The number of benzene rings is 2. The van der Waals surface area contributed by atoms with Crippen LogP contribution < -0.4 is 10.2 Å². The summed E-state index contributed by atoms with van der Waals surface area (Å²) in [6.07, 6.45) is 4.46. The lowest BCUT2D eigenvalue weighted by atomic mass is 10.0. The first-order valence-corrected chi connectivity index (χ1v) is 13.2. The van der Waals surface area contributed by atoms with Crippen LogP contribution in [0.2, 0.25) is 0 Å². The predicted octanol–water partition coefficient (Wildman–Crippen LogP) is 5.46. The fraction of sp³-hybridized carbons (Fsp3) is 0.300. The highest BCUT2D eigenvalue weighted by Crippen LogP contribution is 2.43. The van der Waals surface area contributed by atoms with E-state index in [0.717, 1.165) is 47.5 Å². The molecule has 1 N–H and O–H groups in total. The first-order valence-electron chi connectivity index (χ1n) is 13.2. The second-order valence-electron chi connectivity index (χ2n) is 9.46. The Hall–Kier alpha value is -4.71. The summed E-state index contributed by atoms with van der Waals surface area (Å²) in [6.45, 7) is 6.90. The van der Waals surface area contributed by atoms with Gasteiger partial charge in [-0.2, -0.15) is 10.4 Å². The Morgan fingerprint density at radius 3 is 2.64 bits per heavy atom. The number of amides is 2. The van der Waals surface area contributed by atoms with Crippen LogP contribution in [0, 0.1) is 18.3 Å². The first kappa shape index (κ1) is 25.9. The highest BCUT2D eigenvalue weighted by Gasteiger charge is 2.33. The second kappa shape index (κ2) is 11.0. The molecule has 2 aromatic heterocycles. The summed E-state index contributed by atoms with van der Waals surface area (Å²) in [6, 6.07) is 16.6. The van der Waals surface area contributed by atoms with Crippen LogP contribution in [0.4, 0.5) is 11.4 Å². The number of hydrogen-bond acceptors (Lipinski definition) is 6. The van der Waals surface area contributed by atoms with Crippen molar-refractivity contribution < 1.29 is 14.1 Å². The molecule has 2 aliphatic rings. The van der Waals surface area contributed by atoms with Crippen LogP contribution in [0.25, 0.3) is 0 Å². The largest absolute Gasteiger partial charge is 0.361 e. The topological polar surface area (TPSA) is 117 Å². The third-order valence-electron chi connectivity index (χ3n) is 6.91. The summed E-state index contributed by atoms with van der Waals surface area (Å²) < 4.78 is 7.14. The molecule has 0 atom stereocenters. The highest BCUT2D eigenvalue weighted by molar-refractivity contribution is 6.15. The zero-order valence-electron chi connectivity index (χ0n) is 22.3. The Balaban J connectivity index is 0.00000151. The number of anilines is 2. The molecule has 1 aliphatic carbocycles. The Kier molecular flexibility index (Phi) is 7.28. The molecule has 0 radical (unpaired) electrons. The van der Waals surface area contributed by atoms with E-state index < -0.39 is 5.91 Å². The van der Waals surface area contributed by atoms with Gasteiger partial charge in [0.05, 0.1) is 35.6 Å². The smallest absolute Gasteiger partial charge is 0.277 e. The number of nitrogens with one attached hydrogen (secondary N) is 1. The maximum atomic E-state index is 13.5. The summed E-state index contributed by atoms with van der Waals surface area (Å²) in [7, 11) is 0. The van der Waals surface area contributed by atoms with Crippen LogP contribution in [0.3, 0.4) is 0 Å². The maximum absolute atomic E-state index is 13.5. The van der Waals surface area contributed by atoms with Gasteiger partial charge in [0.2, 0.25) is 0 Å². The molecular formula is C30H30N6O3. The lowest BCUT2D eigenvalue weighted by Gasteiger charge is -2.28. The van der Waals surface area contributed by atoms with Crippen LogP contribution in [-0.2, 0) is 13.0 Å². The van der Waals surface area contributed by atoms with E-state index in [9.17, 15) is 9.59 Å². The number of nitriles is 1. The number of fused-ring (bicyclic) bond motifs is 1. The van der Waals surface area contributed by atoms with Gasteiger partial charge in [-0.25, -0.2) is 0 Å². The summed E-state index contributed by atoms with van der Waals surface area (Å²) >= 11 is 0. The summed E-state index contributed by atoms with van der Waals surface area (Å²) in [5, 5.41) is 20.3. The van der Waals surface area contributed by atoms with Crippen molar-refractivity contribution in [2.45, 2.75) is 52.5 Å². The van der Waals surface area contributed by atoms with E-state index in [2.05, 4.69) is 15.6 Å². The van der Waals surface area contributed by atoms with Gasteiger partial charge in [0.25, 0.3) is 11.8 Å². The quantitative estimate of drug-likeness (QED) is 0.359. The van der Waals surface area contributed by atoms with Crippen LogP contribution in [0.5, 0.6) is 0 Å². The number of carbonyl (C=O) groups is 2. The van der Waals surface area contributed by atoms with E-state index in [1.54, 1.807) is 33.8 Å². The van der Waals surface area contributed by atoms with E-state index in [0.29, 0.717) is 30.3 Å². The van der Waals surface area contributed by atoms with Crippen molar-refractivity contribution in [3.63, 3.8) is 0 Å². The third-order valence-corrected chi connectivity index (χ3v) is 6.91. The SMILES string of the molecule is CC.Cc1noc(C2CC2)c1Cc1ccc(N2CCn3ncc(C(=O)Nc4cccc(C#N)c4)c3C2=O)cc1. The van der Waals surface area contributed by atoms with E-state index >= 15 is 0 Å². The molecule has 0 spiro atoms. The van der Waals surface area contributed by atoms with Crippen molar-refractivity contribution in [1.29, 1.82) is 5.26 Å². The van der Waals surface area contributed by atoms with Crippen LogP contribution in [0.15, 0.2) is 59.3 Å². The van der Waals surface area contributed by atoms with Crippen molar-refractivity contribution >= 4 is 23.2 Å². The highest BCUT2D eigenvalue weighted by atomic mass is 16.5. The normalized spacial score (nSPS) is 14.2. The van der Waals surface area contributed by atoms with Gasteiger partial charge in [-0.1, -0.05) is 37.2 Å². The van der Waals surface area contributed by atoms with E-state index in [4.69, 9.17) is 9.78 Å². The molecular weight excluding hydrogens is 492 g/mol. The molecule has 0 saturated heterocycles. The summed E-state index contributed by atoms with van der Waals surface area (Å²) in [4.78, 5) is 28.2.